The van der Waals surface area contributed by atoms with E-state index in [0.717, 1.165) is 6.26 Å². The Labute approximate surface area is 156 Å². The number of nitrogens with zero attached hydrogens (tertiary/aromatic N) is 5. The average molecular weight is 397 g/mol. The van der Waals surface area contributed by atoms with Gasteiger partial charge < -0.3 is 10.0 Å². The normalized spacial score (nSPS) is 17.1. The number of hydrogen-bond acceptors (Lipinski definition) is 6. The SMILES string of the molecule is CS(=O)(=O)N1CCN(C(=O)c2cn(C[C@H](O)c3ccccc3F)nn2)CC1. The van der Waals surface area contributed by atoms with Crippen molar-refractivity contribution in [3.05, 3.63) is 47.5 Å². The van der Waals surface area contributed by atoms with Crippen molar-refractivity contribution in [1.82, 2.24) is 24.2 Å². The van der Waals surface area contributed by atoms with Gasteiger partial charge in [-0.25, -0.2) is 17.5 Å². The molecule has 146 valence electrons. The summed E-state index contributed by atoms with van der Waals surface area (Å²) in [5, 5.41) is 17.8. The Bertz CT molecular complexity index is 924. The van der Waals surface area contributed by atoms with Gasteiger partial charge in [0.15, 0.2) is 5.69 Å². The van der Waals surface area contributed by atoms with Crippen molar-refractivity contribution in [3.8, 4) is 0 Å². The zero-order valence-corrected chi connectivity index (χ0v) is 15.5. The maximum Gasteiger partial charge on any atom is 0.276 e. The molecule has 1 aliphatic heterocycles. The van der Waals surface area contributed by atoms with Crippen molar-refractivity contribution in [3.63, 3.8) is 0 Å². The minimum atomic E-state index is -3.27. The molecule has 2 heterocycles. The number of aliphatic hydroxyl groups excluding tert-OH is 1. The Balaban J connectivity index is 1.62. The fourth-order valence-corrected chi connectivity index (χ4v) is 3.72. The molecule has 1 saturated heterocycles. The first kappa shape index (κ1) is 19.4. The summed E-state index contributed by atoms with van der Waals surface area (Å²) in [6, 6.07) is 5.88. The summed E-state index contributed by atoms with van der Waals surface area (Å²) < 4.78 is 39.4. The van der Waals surface area contributed by atoms with Crippen molar-refractivity contribution in [2.45, 2.75) is 12.6 Å². The summed E-state index contributed by atoms with van der Waals surface area (Å²) in [6.45, 7) is 0.922. The first-order valence-corrected chi connectivity index (χ1v) is 10.2. The van der Waals surface area contributed by atoms with Crippen LogP contribution in [-0.2, 0) is 16.6 Å². The lowest BCUT2D eigenvalue weighted by atomic mass is 10.1. The van der Waals surface area contributed by atoms with Crippen molar-refractivity contribution in [1.29, 1.82) is 0 Å². The minimum absolute atomic E-state index is 0.0525. The maximum atomic E-state index is 13.7. The van der Waals surface area contributed by atoms with Gasteiger partial charge in [-0.15, -0.1) is 5.10 Å². The Morgan fingerprint density at radius 3 is 2.56 bits per heavy atom. The van der Waals surface area contributed by atoms with E-state index in [1.807, 2.05) is 0 Å². The number of amides is 1. The lowest BCUT2D eigenvalue weighted by Gasteiger charge is -2.32. The molecule has 9 nitrogen and oxygen atoms in total. The molecule has 0 radical (unpaired) electrons. The monoisotopic (exact) mass is 397 g/mol. The first-order chi connectivity index (χ1) is 12.8. The highest BCUT2D eigenvalue weighted by molar-refractivity contribution is 7.88. The summed E-state index contributed by atoms with van der Waals surface area (Å²) in [5.74, 6) is -0.889. The van der Waals surface area contributed by atoms with E-state index < -0.39 is 21.9 Å². The maximum absolute atomic E-state index is 13.7. The van der Waals surface area contributed by atoms with Crippen LogP contribution in [0.5, 0.6) is 0 Å². The highest BCUT2D eigenvalue weighted by Gasteiger charge is 2.28. The van der Waals surface area contributed by atoms with E-state index in [-0.39, 0.29) is 49.9 Å². The van der Waals surface area contributed by atoms with E-state index in [2.05, 4.69) is 10.3 Å². The summed E-state index contributed by atoms with van der Waals surface area (Å²) in [6.07, 6.45) is 1.39. The van der Waals surface area contributed by atoms with E-state index in [4.69, 9.17) is 0 Å². The number of benzene rings is 1. The molecule has 27 heavy (non-hydrogen) atoms. The van der Waals surface area contributed by atoms with Gasteiger partial charge in [-0.05, 0) is 6.07 Å². The van der Waals surface area contributed by atoms with Gasteiger partial charge >= 0.3 is 0 Å². The minimum Gasteiger partial charge on any atom is -0.386 e. The average Bonchev–Trinajstić information content (AvgIpc) is 3.09. The summed E-state index contributed by atoms with van der Waals surface area (Å²) in [4.78, 5) is 14.0. The summed E-state index contributed by atoms with van der Waals surface area (Å²) in [7, 11) is -3.27. The number of piperazine rings is 1. The van der Waals surface area contributed by atoms with Crippen LogP contribution < -0.4 is 0 Å². The molecule has 0 spiro atoms. The third kappa shape index (κ3) is 4.49. The zero-order valence-electron chi connectivity index (χ0n) is 14.7. The second-order valence-electron chi connectivity index (χ2n) is 6.32. The summed E-state index contributed by atoms with van der Waals surface area (Å²) in [5.41, 5.74) is 0.223. The second-order valence-corrected chi connectivity index (χ2v) is 8.30. The molecule has 0 aliphatic carbocycles. The topological polar surface area (TPSA) is 109 Å². The Hall–Kier alpha value is -2.37. The van der Waals surface area contributed by atoms with Gasteiger partial charge in [-0.3, -0.25) is 4.79 Å². The molecule has 0 unspecified atom stereocenters. The van der Waals surface area contributed by atoms with Crippen molar-refractivity contribution >= 4 is 15.9 Å². The number of rotatable bonds is 5. The number of sulfonamides is 1. The smallest absolute Gasteiger partial charge is 0.276 e. The number of aliphatic hydroxyl groups is 1. The largest absolute Gasteiger partial charge is 0.386 e. The summed E-state index contributed by atoms with van der Waals surface area (Å²) >= 11 is 0. The van der Waals surface area contributed by atoms with E-state index in [1.54, 1.807) is 6.07 Å². The molecule has 1 aromatic carbocycles. The van der Waals surface area contributed by atoms with Crippen LogP contribution in [0, 0.1) is 5.82 Å². The zero-order chi connectivity index (χ0) is 19.6. The van der Waals surface area contributed by atoms with Gasteiger partial charge in [0.2, 0.25) is 10.0 Å². The van der Waals surface area contributed by atoms with Gasteiger partial charge in [0.1, 0.15) is 11.9 Å². The molecule has 1 aliphatic rings. The Morgan fingerprint density at radius 2 is 1.93 bits per heavy atom. The fourth-order valence-electron chi connectivity index (χ4n) is 2.89. The van der Waals surface area contributed by atoms with Crippen molar-refractivity contribution < 1.29 is 22.7 Å². The molecule has 1 aromatic heterocycles. The van der Waals surface area contributed by atoms with Crippen LogP contribution in [0.4, 0.5) is 4.39 Å². The van der Waals surface area contributed by atoms with Crippen LogP contribution in [0.25, 0.3) is 0 Å². The van der Waals surface area contributed by atoms with Crippen LogP contribution >= 0.6 is 0 Å². The molecule has 2 aromatic rings. The quantitative estimate of drug-likeness (QED) is 0.753. The van der Waals surface area contributed by atoms with Crippen LogP contribution in [0.15, 0.2) is 30.5 Å². The van der Waals surface area contributed by atoms with Gasteiger partial charge in [0.25, 0.3) is 5.91 Å². The molecule has 0 saturated carbocycles. The lowest BCUT2D eigenvalue weighted by molar-refractivity contribution is 0.0692. The van der Waals surface area contributed by atoms with Gasteiger partial charge in [-0.1, -0.05) is 23.4 Å². The van der Waals surface area contributed by atoms with Gasteiger partial charge in [0, 0.05) is 31.7 Å². The number of halogens is 1. The predicted molar refractivity (Wildman–Crippen MR) is 93.7 cm³/mol. The van der Waals surface area contributed by atoms with Crippen molar-refractivity contribution in [2.24, 2.45) is 0 Å². The first-order valence-electron chi connectivity index (χ1n) is 8.32. The third-order valence-electron chi connectivity index (χ3n) is 4.38. The molecule has 0 bridgehead atoms. The molecular weight excluding hydrogens is 377 g/mol. The molecule has 1 N–H and O–H groups in total. The Kier molecular flexibility index (Phi) is 5.53. The van der Waals surface area contributed by atoms with Crippen LogP contribution in [-0.4, -0.2) is 76.1 Å². The van der Waals surface area contributed by atoms with Crippen LogP contribution in [0.2, 0.25) is 0 Å². The van der Waals surface area contributed by atoms with Gasteiger partial charge in [-0.2, -0.15) is 4.31 Å². The lowest BCUT2D eigenvalue weighted by Crippen LogP contribution is -2.50. The van der Waals surface area contributed by atoms with Crippen molar-refractivity contribution in [2.75, 3.05) is 32.4 Å². The molecule has 1 fully saturated rings. The molecule has 1 amide bonds. The van der Waals surface area contributed by atoms with Gasteiger partial charge in [0.05, 0.1) is 19.0 Å². The standard InChI is InChI=1S/C16H20FN5O4S/c1-27(25,26)22-8-6-20(7-9-22)16(24)14-10-21(19-18-14)11-15(23)12-4-2-3-5-13(12)17/h2-5,10,15,23H,6-9,11H2,1H3/t15-/m0/s1. The molecular formula is C16H20FN5O4S. The van der Waals surface area contributed by atoms with E-state index in [1.165, 1.54) is 38.3 Å². The predicted octanol–water partition coefficient (Wildman–Crippen LogP) is -0.132. The Morgan fingerprint density at radius 1 is 1.26 bits per heavy atom. The number of aromatic nitrogens is 3. The second kappa shape index (κ2) is 7.71. The number of carbonyl (C=O) groups is 1. The van der Waals surface area contributed by atoms with E-state index >= 15 is 0 Å². The highest BCUT2D eigenvalue weighted by Crippen LogP contribution is 2.18. The molecule has 11 heteroatoms. The molecule has 3 rings (SSSR count). The van der Waals surface area contributed by atoms with E-state index in [9.17, 15) is 22.7 Å². The number of hydrogen-bond donors (Lipinski definition) is 1. The fraction of sp³-hybridized carbons (Fsp3) is 0.438. The molecule has 1 atom stereocenters. The van der Waals surface area contributed by atoms with Crippen LogP contribution in [0.3, 0.4) is 0 Å². The third-order valence-corrected chi connectivity index (χ3v) is 5.68. The number of carbonyl (C=O) groups excluding carboxylic acids is 1. The van der Waals surface area contributed by atoms with E-state index in [0.29, 0.717) is 0 Å². The van der Waals surface area contributed by atoms with Crippen LogP contribution in [0.1, 0.15) is 22.2 Å². The highest BCUT2D eigenvalue weighted by atomic mass is 32.2.